The number of hydrogen-bond donors (Lipinski definition) is 3. The summed E-state index contributed by atoms with van der Waals surface area (Å²) < 4.78 is 13.3. The molecule has 2 rings (SSSR count). The molecule has 0 aliphatic rings. The molecule has 0 spiro atoms. The number of aliphatic imine (C=N–C) groups is 1. The lowest BCUT2D eigenvalue weighted by Gasteiger charge is -2.21. The Hall–Kier alpha value is -2.91. The summed E-state index contributed by atoms with van der Waals surface area (Å²) in [6, 6.07) is 15.3. The highest BCUT2D eigenvalue weighted by Crippen LogP contribution is 2.25. The summed E-state index contributed by atoms with van der Waals surface area (Å²) in [5.41, 5.74) is 5.60. The SMILES string of the molecule is C=C(NCCCCC)Nc1ccccc1F.CN=C/C(PC)=C(\C)NC(C=C(C)C)c1ccccc1C. The summed E-state index contributed by atoms with van der Waals surface area (Å²) >= 11 is 0. The zero-order valence-electron chi connectivity index (χ0n) is 23.7. The molecule has 202 valence electrons. The van der Waals surface area contributed by atoms with Gasteiger partial charge in [-0.2, -0.15) is 0 Å². The molecule has 3 N–H and O–H groups in total. The van der Waals surface area contributed by atoms with E-state index in [1.165, 1.54) is 46.6 Å². The highest BCUT2D eigenvalue weighted by Gasteiger charge is 2.12. The van der Waals surface area contributed by atoms with Crippen LogP contribution in [0.1, 0.15) is 64.1 Å². The van der Waals surface area contributed by atoms with Crippen molar-refractivity contribution in [2.75, 3.05) is 25.6 Å². The number of hydrogen-bond acceptors (Lipinski definition) is 4. The van der Waals surface area contributed by atoms with Crippen molar-refractivity contribution in [3.05, 3.63) is 101 Å². The second kappa shape index (κ2) is 18.4. The van der Waals surface area contributed by atoms with Crippen molar-refractivity contribution in [2.24, 2.45) is 4.99 Å². The summed E-state index contributed by atoms with van der Waals surface area (Å²) in [6.45, 7) is 17.6. The third-order valence-corrected chi connectivity index (χ3v) is 6.65. The van der Waals surface area contributed by atoms with Gasteiger partial charge in [-0.1, -0.05) is 83.0 Å². The molecule has 37 heavy (non-hydrogen) atoms. The lowest BCUT2D eigenvalue weighted by Crippen LogP contribution is -2.20. The lowest BCUT2D eigenvalue weighted by molar-refractivity contribution is 0.629. The molecule has 2 atom stereocenters. The van der Waals surface area contributed by atoms with Gasteiger partial charge in [-0.05, 0) is 64.0 Å². The Bertz CT molecular complexity index is 1050. The number of aryl methyl sites for hydroxylation is 1. The van der Waals surface area contributed by atoms with Gasteiger partial charge < -0.3 is 16.0 Å². The van der Waals surface area contributed by atoms with Gasteiger partial charge in [0.25, 0.3) is 0 Å². The maximum Gasteiger partial charge on any atom is 0.146 e. The van der Waals surface area contributed by atoms with Gasteiger partial charge in [0, 0.05) is 30.8 Å². The predicted molar refractivity (Wildman–Crippen MR) is 165 cm³/mol. The van der Waals surface area contributed by atoms with Crippen LogP contribution >= 0.6 is 8.58 Å². The van der Waals surface area contributed by atoms with Crippen molar-refractivity contribution in [3.63, 3.8) is 0 Å². The summed E-state index contributed by atoms with van der Waals surface area (Å²) in [6.07, 6.45) is 7.73. The molecular weight excluding hydrogens is 478 g/mol. The van der Waals surface area contributed by atoms with E-state index in [1.807, 2.05) is 13.3 Å². The molecule has 0 heterocycles. The molecule has 0 aliphatic carbocycles. The van der Waals surface area contributed by atoms with Crippen LogP contribution in [0.5, 0.6) is 0 Å². The van der Waals surface area contributed by atoms with E-state index in [1.54, 1.807) is 18.2 Å². The summed E-state index contributed by atoms with van der Waals surface area (Å²) in [7, 11) is 2.56. The largest absolute Gasteiger partial charge is 0.378 e. The summed E-state index contributed by atoms with van der Waals surface area (Å²) in [4.78, 5) is 4.16. The normalized spacial score (nSPS) is 12.4. The number of rotatable bonds is 13. The number of halogens is 1. The van der Waals surface area contributed by atoms with Gasteiger partial charge in [-0.3, -0.25) is 4.99 Å². The maximum absolute atomic E-state index is 13.3. The number of benzene rings is 2. The van der Waals surface area contributed by atoms with Crippen LogP contribution in [0.15, 0.2) is 88.6 Å². The van der Waals surface area contributed by atoms with Crippen LogP contribution in [-0.2, 0) is 0 Å². The van der Waals surface area contributed by atoms with E-state index < -0.39 is 0 Å². The van der Waals surface area contributed by atoms with Crippen LogP contribution in [-0.4, -0.2) is 26.5 Å². The van der Waals surface area contributed by atoms with Gasteiger partial charge in [0.05, 0.1) is 17.6 Å². The van der Waals surface area contributed by atoms with Crippen molar-refractivity contribution in [2.45, 2.75) is 59.9 Å². The van der Waals surface area contributed by atoms with Crippen molar-refractivity contribution in [1.82, 2.24) is 10.6 Å². The molecule has 2 aromatic rings. The Labute approximate surface area is 226 Å². The van der Waals surface area contributed by atoms with E-state index >= 15 is 0 Å². The lowest BCUT2D eigenvalue weighted by atomic mass is 9.99. The van der Waals surface area contributed by atoms with Crippen LogP contribution in [0.3, 0.4) is 0 Å². The molecule has 0 saturated carbocycles. The topological polar surface area (TPSA) is 48.5 Å². The van der Waals surface area contributed by atoms with Crippen LogP contribution in [0.25, 0.3) is 0 Å². The van der Waals surface area contributed by atoms with E-state index in [4.69, 9.17) is 0 Å². The summed E-state index contributed by atoms with van der Waals surface area (Å²) in [5.74, 6) is 0.375. The monoisotopic (exact) mass is 524 g/mol. The fourth-order valence-electron chi connectivity index (χ4n) is 3.65. The van der Waals surface area contributed by atoms with Crippen LogP contribution in [0.4, 0.5) is 10.1 Å². The maximum atomic E-state index is 13.3. The minimum Gasteiger partial charge on any atom is -0.378 e. The Morgan fingerprint density at radius 2 is 1.76 bits per heavy atom. The molecule has 0 saturated heterocycles. The van der Waals surface area contributed by atoms with Gasteiger partial charge in [-0.25, -0.2) is 4.39 Å². The van der Waals surface area contributed by atoms with Crippen LogP contribution < -0.4 is 16.0 Å². The van der Waals surface area contributed by atoms with Crippen LogP contribution in [0.2, 0.25) is 0 Å². The average Bonchev–Trinajstić information content (AvgIpc) is 2.86. The molecule has 0 amide bonds. The number of nitrogens with zero attached hydrogens (tertiary/aromatic N) is 1. The Morgan fingerprint density at radius 1 is 1.08 bits per heavy atom. The fourth-order valence-corrected chi connectivity index (χ4v) is 4.36. The molecular formula is C31H46FN4P. The van der Waals surface area contributed by atoms with Gasteiger partial charge in [0.2, 0.25) is 0 Å². The second-order valence-corrected chi connectivity index (χ2v) is 10.2. The standard InChI is InChI=1S/C18H27N2P.C13H19FN2/c1-13(2)11-17(16-10-8-7-9-14(16)3)20-15(4)18(21-6)12-19-5;1-3-4-7-10-15-11(2)16-13-9-6-5-8-12(13)14/h7-12,17,20-21H,1-6H3;5-6,8-9,15-16H,2-4,7,10H2,1H3/b18-15-,19-12?;. The molecule has 0 aromatic heterocycles. The van der Waals surface area contributed by atoms with Crippen molar-refractivity contribution in [3.8, 4) is 0 Å². The molecule has 0 bridgehead atoms. The molecule has 2 aromatic carbocycles. The number of para-hydroxylation sites is 1. The Morgan fingerprint density at radius 3 is 2.35 bits per heavy atom. The smallest absolute Gasteiger partial charge is 0.146 e. The minimum absolute atomic E-state index is 0.202. The first-order chi connectivity index (χ1) is 17.7. The molecule has 0 fully saturated rings. The minimum atomic E-state index is -0.265. The molecule has 6 heteroatoms. The summed E-state index contributed by atoms with van der Waals surface area (Å²) in [5, 5.41) is 11.0. The van der Waals surface area contributed by atoms with E-state index in [0.717, 1.165) is 21.5 Å². The first kappa shape index (κ1) is 32.1. The van der Waals surface area contributed by atoms with Gasteiger partial charge >= 0.3 is 0 Å². The van der Waals surface area contributed by atoms with Gasteiger partial charge in [0.15, 0.2) is 0 Å². The van der Waals surface area contributed by atoms with E-state index in [2.05, 4.69) is 99.1 Å². The Balaban J connectivity index is 0.000000384. The van der Waals surface area contributed by atoms with Crippen molar-refractivity contribution >= 4 is 20.5 Å². The highest BCUT2D eigenvalue weighted by atomic mass is 31.1. The average molecular weight is 525 g/mol. The third-order valence-electron chi connectivity index (χ3n) is 5.61. The first-order valence-electron chi connectivity index (χ1n) is 13.0. The van der Waals surface area contributed by atoms with Crippen molar-refractivity contribution < 1.29 is 4.39 Å². The molecule has 0 radical (unpaired) electrons. The number of anilines is 1. The zero-order chi connectivity index (χ0) is 27.6. The number of allylic oxidation sites excluding steroid dienone is 3. The predicted octanol–water partition coefficient (Wildman–Crippen LogP) is 8.32. The van der Waals surface area contributed by atoms with E-state index in [9.17, 15) is 4.39 Å². The van der Waals surface area contributed by atoms with E-state index in [-0.39, 0.29) is 11.9 Å². The fraction of sp³-hybridized carbons (Fsp3) is 0.387. The number of nitrogens with one attached hydrogen (secondary N) is 3. The Kier molecular flexibility index (Phi) is 15.9. The van der Waals surface area contributed by atoms with E-state index in [0.29, 0.717) is 11.5 Å². The number of unbranched alkanes of at least 4 members (excludes halogenated alkanes) is 2. The first-order valence-corrected chi connectivity index (χ1v) is 14.5. The second-order valence-electron chi connectivity index (χ2n) is 9.12. The quantitative estimate of drug-likeness (QED) is 0.107. The zero-order valence-corrected chi connectivity index (χ0v) is 24.7. The van der Waals surface area contributed by atoms with Gasteiger partial charge in [0.1, 0.15) is 5.82 Å². The molecule has 4 nitrogen and oxygen atoms in total. The van der Waals surface area contributed by atoms with Gasteiger partial charge in [-0.15, -0.1) is 0 Å². The molecule has 2 unspecified atom stereocenters. The van der Waals surface area contributed by atoms with Crippen molar-refractivity contribution in [1.29, 1.82) is 0 Å². The molecule has 0 aliphatic heterocycles. The van der Waals surface area contributed by atoms with Crippen LogP contribution in [0, 0.1) is 12.7 Å². The third kappa shape index (κ3) is 12.7. The highest BCUT2D eigenvalue weighted by molar-refractivity contribution is 7.43.